The molecule has 0 aromatic heterocycles. The molecule has 0 rings (SSSR count). The monoisotopic (exact) mass is 376 g/mol. The van der Waals surface area contributed by atoms with Crippen molar-refractivity contribution in [2.75, 3.05) is 13.2 Å². The highest BCUT2D eigenvalue weighted by Crippen LogP contribution is 2.09. The summed E-state index contributed by atoms with van der Waals surface area (Å²) in [5.74, 6) is -4.14. The zero-order chi connectivity index (χ0) is 20.4. The summed E-state index contributed by atoms with van der Waals surface area (Å²) in [6.07, 6.45) is -0.865. The Morgan fingerprint density at radius 1 is 1.00 bits per heavy atom. The van der Waals surface area contributed by atoms with Gasteiger partial charge in [-0.2, -0.15) is 0 Å². The first-order valence-electron chi connectivity index (χ1n) is 8.20. The van der Waals surface area contributed by atoms with Gasteiger partial charge >= 0.3 is 5.97 Å². The third-order valence-corrected chi connectivity index (χ3v) is 3.86. The molecular weight excluding hydrogens is 348 g/mol. The molecule has 0 aromatic rings. The fourth-order valence-corrected chi connectivity index (χ4v) is 2.03. The molecule has 0 unspecified atom stereocenters. The highest BCUT2D eigenvalue weighted by molar-refractivity contribution is 5.94. The number of aliphatic hydroxyl groups excluding tert-OH is 2. The van der Waals surface area contributed by atoms with E-state index in [2.05, 4.69) is 16.0 Å². The van der Waals surface area contributed by atoms with E-state index in [-0.39, 0.29) is 5.92 Å². The van der Waals surface area contributed by atoms with Crippen LogP contribution in [0, 0.1) is 5.92 Å². The van der Waals surface area contributed by atoms with Gasteiger partial charge in [0.25, 0.3) is 0 Å². The Labute approximate surface area is 151 Å². The molecule has 0 heterocycles. The number of carboxylic acids is 1. The van der Waals surface area contributed by atoms with E-state index in [0.717, 1.165) is 0 Å². The van der Waals surface area contributed by atoms with Gasteiger partial charge in [0.1, 0.15) is 18.1 Å². The molecular formula is C15H28N4O7. The number of carbonyl (C=O) groups is 4. The van der Waals surface area contributed by atoms with Crippen LogP contribution in [0.4, 0.5) is 0 Å². The van der Waals surface area contributed by atoms with Crippen LogP contribution in [0.1, 0.15) is 27.2 Å². The number of amides is 3. The maximum Gasteiger partial charge on any atom is 0.326 e. The SMILES string of the molecule is CC[C@H](C)[C@H](NC(=O)[C@@H](NC(=O)[C@H](CO)NC(=O)CN)[C@@H](C)O)C(=O)O. The van der Waals surface area contributed by atoms with E-state index in [0.29, 0.717) is 6.42 Å². The van der Waals surface area contributed by atoms with Crippen LogP contribution < -0.4 is 21.7 Å². The summed E-state index contributed by atoms with van der Waals surface area (Å²) in [5.41, 5.74) is 5.11. The zero-order valence-corrected chi connectivity index (χ0v) is 15.1. The van der Waals surface area contributed by atoms with E-state index in [1.807, 2.05) is 0 Å². The first-order chi connectivity index (χ1) is 12.1. The predicted molar refractivity (Wildman–Crippen MR) is 90.7 cm³/mol. The van der Waals surface area contributed by atoms with E-state index in [9.17, 15) is 34.5 Å². The van der Waals surface area contributed by atoms with Crippen molar-refractivity contribution in [2.24, 2.45) is 11.7 Å². The molecule has 11 heteroatoms. The third kappa shape index (κ3) is 7.33. The lowest BCUT2D eigenvalue weighted by atomic mass is 9.98. The fourth-order valence-electron chi connectivity index (χ4n) is 2.03. The number of aliphatic hydroxyl groups is 2. The van der Waals surface area contributed by atoms with Gasteiger partial charge in [-0.25, -0.2) is 4.79 Å². The van der Waals surface area contributed by atoms with Crippen molar-refractivity contribution in [1.82, 2.24) is 16.0 Å². The summed E-state index contributed by atoms with van der Waals surface area (Å²) in [7, 11) is 0. The Bertz CT molecular complexity index is 512. The minimum atomic E-state index is -1.47. The number of hydrogen-bond acceptors (Lipinski definition) is 7. The van der Waals surface area contributed by atoms with E-state index in [1.165, 1.54) is 6.92 Å². The Hall–Kier alpha value is -2.24. The van der Waals surface area contributed by atoms with Crippen LogP contribution in [0.3, 0.4) is 0 Å². The van der Waals surface area contributed by atoms with E-state index >= 15 is 0 Å². The first-order valence-corrected chi connectivity index (χ1v) is 8.20. The smallest absolute Gasteiger partial charge is 0.326 e. The minimum Gasteiger partial charge on any atom is -0.480 e. The lowest BCUT2D eigenvalue weighted by Gasteiger charge is -2.27. The van der Waals surface area contributed by atoms with Gasteiger partial charge in [-0.15, -0.1) is 0 Å². The zero-order valence-electron chi connectivity index (χ0n) is 15.1. The Kier molecular flexibility index (Phi) is 10.4. The number of rotatable bonds is 11. The molecule has 11 nitrogen and oxygen atoms in total. The summed E-state index contributed by atoms with van der Waals surface area (Å²) in [6, 6.07) is -4.04. The Morgan fingerprint density at radius 2 is 1.54 bits per heavy atom. The van der Waals surface area contributed by atoms with Crippen LogP contribution in [-0.4, -0.2) is 76.4 Å². The number of nitrogens with two attached hydrogens (primary N) is 1. The summed E-state index contributed by atoms with van der Waals surface area (Å²) in [4.78, 5) is 47.0. The lowest BCUT2D eigenvalue weighted by Crippen LogP contribution is -2.60. The molecule has 26 heavy (non-hydrogen) atoms. The standard InChI is InChI=1S/C15H28N4O7/c1-4-7(2)11(15(25)26)18-14(24)12(8(3)21)19-13(23)9(6-20)17-10(22)5-16/h7-9,11-12,20-21H,4-6,16H2,1-3H3,(H,17,22)(H,18,24)(H,19,23)(H,25,26)/t7-,8+,9-,11-,12-/m0/s1. The summed E-state index contributed by atoms with van der Waals surface area (Å²) < 4.78 is 0. The second kappa shape index (κ2) is 11.4. The van der Waals surface area contributed by atoms with E-state index < -0.39 is 61.1 Å². The van der Waals surface area contributed by atoms with Gasteiger partial charge in [0.05, 0.1) is 19.3 Å². The van der Waals surface area contributed by atoms with Crippen molar-refractivity contribution in [3.05, 3.63) is 0 Å². The molecule has 0 spiro atoms. The molecule has 0 aliphatic heterocycles. The van der Waals surface area contributed by atoms with E-state index in [4.69, 9.17) is 5.73 Å². The predicted octanol–water partition coefficient (Wildman–Crippen LogP) is -3.10. The largest absolute Gasteiger partial charge is 0.480 e. The van der Waals surface area contributed by atoms with E-state index in [1.54, 1.807) is 13.8 Å². The molecule has 0 saturated carbocycles. The molecule has 0 bridgehead atoms. The quantitative estimate of drug-likeness (QED) is 0.197. The molecule has 0 aromatic carbocycles. The van der Waals surface area contributed by atoms with Crippen molar-refractivity contribution in [1.29, 1.82) is 0 Å². The molecule has 0 saturated heterocycles. The van der Waals surface area contributed by atoms with Crippen LogP contribution in [0.25, 0.3) is 0 Å². The van der Waals surface area contributed by atoms with Crippen molar-refractivity contribution in [3.63, 3.8) is 0 Å². The summed E-state index contributed by atoms with van der Waals surface area (Å²) >= 11 is 0. The number of aliphatic carboxylic acids is 1. The van der Waals surface area contributed by atoms with Crippen molar-refractivity contribution in [3.8, 4) is 0 Å². The van der Waals surface area contributed by atoms with Crippen LogP contribution in [0.15, 0.2) is 0 Å². The number of carboxylic acid groups (broad SMARTS) is 1. The molecule has 0 aliphatic carbocycles. The normalized spacial score (nSPS) is 16.5. The third-order valence-electron chi connectivity index (χ3n) is 3.86. The summed E-state index contributed by atoms with van der Waals surface area (Å²) in [6.45, 7) is 3.47. The number of hydrogen-bond donors (Lipinski definition) is 7. The average molecular weight is 376 g/mol. The molecule has 0 aliphatic rings. The van der Waals surface area contributed by atoms with Gasteiger partial charge in [-0.1, -0.05) is 20.3 Å². The minimum absolute atomic E-state index is 0.379. The lowest BCUT2D eigenvalue weighted by molar-refractivity contribution is -0.144. The maximum atomic E-state index is 12.3. The molecule has 5 atom stereocenters. The van der Waals surface area contributed by atoms with Crippen molar-refractivity contribution >= 4 is 23.7 Å². The van der Waals surface area contributed by atoms with Crippen LogP contribution in [0.5, 0.6) is 0 Å². The maximum absolute atomic E-state index is 12.3. The molecule has 8 N–H and O–H groups in total. The van der Waals surface area contributed by atoms with Crippen molar-refractivity contribution < 1.29 is 34.5 Å². The van der Waals surface area contributed by atoms with Gasteiger partial charge in [0.2, 0.25) is 17.7 Å². The molecule has 0 fully saturated rings. The van der Waals surface area contributed by atoms with Crippen LogP contribution in [0.2, 0.25) is 0 Å². The molecule has 3 amide bonds. The van der Waals surface area contributed by atoms with Gasteiger partial charge in [0.15, 0.2) is 0 Å². The number of nitrogens with one attached hydrogen (secondary N) is 3. The average Bonchev–Trinajstić information content (AvgIpc) is 2.59. The fraction of sp³-hybridized carbons (Fsp3) is 0.733. The summed E-state index contributed by atoms with van der Waals surface area (Å²) in [5, 5.41) is 34.8. The molecule has 150 valence electrons. The Balaban J connectivity index is 5.16. The second-order valence-electron chi connectivity index (χ2n) is 5.94. The van der Waals surface area contributed by atoms with Gasteiger partial charge in [-0.05, 0) is 12.8 Å². The first kappa shape index (κ1) is 23.8. The number of carbonyl (C=O) groups excluding carboxylic acids is 3. The van der Waals surface area contributed by atoms with Crippen LogP contribution in [-0.2, 0) is 19.2 Å². The second-order valence-corrected chi connectivity index (χ2v) is 5.94. The highest BCUT2D eigenvalue weighted by atomic mass is 16.4. The molecule has 0 radical (unpaired) electrons. The van der Waals surface area contributed by atoms with Gasteiger partial charge < -0.3 is 37.0 Å². The Morgan fingerprint density at radius 3 is 1.92 bits per heavy atom. The highest BCUT2D eigenvalue weighted by Gasteiger charge is 2.33. The van der Waals surface area contributed by atoms with Gasteiger partial charge in [0, 0.05) is 0 Å². The topological polar surface area (TPSA) is 191 Å². The van der Waals surface area contributed by atoms with Crippen LogP contribution >= 0.6 is 0 Å². The van der Waals surface area contributed by atoms with Crippen molar-refractivity contribution in [2.45, 2.75) is 51.4 Å². The van der Waals surface area contributed by atoms with Gasteiger partial charge in [-0.3, -0.25) is 14.4 Å².